The number of carbonyl (C=O) groups is 4. The largest absolute Gasteiger partial charge is 0.507 e. The zero-order chi connectivity index (χ0) is 24.9. The number of nitrogens with two attached hydrogens (primary N) is 1. The van der Waals surface area contributed by atoms with E-state index in [1.165, 1.54) is 24.9 Å². The van der Waals surface area contributed by atoms with Crippen LogP contribution in [0.15, 0.2) is 6.07 Å². The van der Waals surface area contributed by atoms with E-state index < -0.39 is 48.2 Å². The SMILES string of the molecule is COc1cc(O)c2c(c1C)C(=O)OC[C@H](NC(=O)OC(C)(C)C)C(=O)N[C@H](C(N)=O)CSC2. The topological polar surface area (TPSA) is 166 Å². The number of methoxy groups -OCH3 is 1. The van der Waals surface area contributed by atoms with Crippen LogP contribution in [0.1, 0.15) is 42.3 Å². The Kier molecular flexibility index (Phi) is 8.42. The van der Waals surface area contributed by atoms with E-state index >= 15 is 0 Å². The van der Waals surface area contributed by atoms with Gasteiger partial charge in [0, 0.05) is 28.7 Å². The number of esters is 1. The van der Waals surface area contributed by atoms with Crippen LogP contribution in [-0.4, -0.2) is 66.1 Å². The van der Waals surface area contributed by atoms with E-state index in [0.717, 1.165) is 0 Å². The summed E-state index contributed by atoms with van der Waals surface area (Å²) in [5.41, 5.74) is 5.38. The van der Waals surface area contributed by atoms with Crippen molar-refractivity contribution < 1.29 is 38.5 Å². The van der Waals surface area contributed by atoms with Gasteiger partial charge in [0.25, 0.3) is 0 Å². The van der Waals surface area contributed by atoms with Crippen LogP contribution < -0.4 is 21.1 Å². The van der Waals surface area contributed by atoms with Gasteiger partial charge in [-0.15, -0.1) is 0 Å². The highest BCUT2D eigenvalue weighted by atomic mass is 32.2. The Balaban J connectivity index is 2.43. The molecule has 0 saturated carbocycles. The molecule has 2 atom stereocenters. The third kappa shape index (κ3) is 6.91. The summed E-state index contributed by atoms with van der Waals surface area (Å²) < 4.78 is 15.7. The molecule has 0 bridgehead atoms. The maximum Gasteiger partial charge on any atom is 0.408 e. The molecule has 11 nitrogen and oxygen atoms in total. The van der Waals surface area contributed by atoms with Crippen LogP contribution in [0, 0.1) is 6.92 Å². The lowest BCUT2D eigenvalue weighted by Crippen LogP contribution is -2.56. The number of amides is 3. The van der Waals surface area contributed by atoms with Crippen molar-refractivity contribution in [3.05, 3.63) is 22.8 Å². The number of fused-ring (bicyclic) bond motifs is 1. The highest BCUT2D eigenvalue weighted by molar-refractivity contribution is 7.98. The number of thioether (sulfide) groups is 1. The van der Waals surface area contributed by atoms with E-state index in [1.54, 1.807) is 27.7 Å². The van der Waals surface area contributed by atoms with Gasteiger partial charge in [0.1, 0.15) is 35.8 Å². The molecule has 0 aromatic heterocycles. The van der Waals surface area contributed by atoms with Crippen molar-refractivity contribution in [2.75, 3.05) is 19.5 Å². The number of aromatic hydroxyl groups is 1. The van der Waals surface area contributed by atoms with Crippen LogP contribution in [-0.2, 0) is 24.8 Å². The number of rotatable bonds is 3. The minimum atomic E-state index is -1.36. The summed E-state index contributed by atoms with van der Waals surface area (Å²) in [6.45, 7) is 6.01. The highest BCUT2D eigenvalue weighted by Gasteiger charge is 2.31. The summed E-state index contributed by atoms with van der Waals surface area (Å²) >= 11 is 1.17. The fourth-order valence-electron chi connectivity index (χ4n) is 3.04. The Bertz CT molecular complexity index is 944. The van der Waals surface area contributed by atoms with Gasteiger partial charge in [-0.3, -0.25) is 9.59 Å². The van der Waals surface area contributed by atoms with E-state index in [9.17, 15) is 24.3 Å². The smallest absolute Gasteiger partial charge is 0.408 e. The molecule has 5 N–H and O–H groups in total. The summed E-state index contributed by atoms with van der Waals surface area (Å²) in [5.74, 6) is -2.07. The van der Waals surface area contributed by atoms with Gasteiger partial charge in [-0.1, -0.05) is 0 Å². The number of carbonyl (C=O) groups excluding carboxylic acids is 4. The molecule has 0 spiro atoms. The van der Waals surface area contributed by atoms with E-state index in [1.807, 2.05) is 0 Å². The van der Waals surface area contributed by atoms with Crippen LogP contribution in [0.5, 0.6) is 11.5 Å². The first-order chi connectivity index (χ1) is 15.3. The van der Waals surface area contributed by atoms with Crippen molar-refractivity contribution in [1.29, 1.82) is 0 Å². The number of hydrogen-bond donors (Lipinski definition) is 4. The Morgan fingerprint density at radius 3 is 2.58 bits per heavy atom. The van der Waals surface area contributed by atoms with Crippen molar-refractivity contribution in [3.63, 3.8) is 0 Å². The average molecular weight is 484 g/mol. The Hall–Kier alpha value is -3.15. The maximum atomic E-state index is 13.0. The van der Waals surface area contributed by atoms with Crippen LogP contribution in [0.3, 0.4) is 0 Å². The molecule has 0 aliphatic carbocycles. The number of phenolic OH excluding ortho intramolecular Hbond substituents is 1. The monoisotopic (exact) mass is 483 g/mol. The fraction of sp³-hybridized carbons (Fsp3) is 0.524. The lowest BCUT2D eigenvalue weighted by Gasteiger charge is -2.25. The first-order valence-corrected chi connectivity index (χ1v) is 11.2. The highest BCUT2D eigenvalue weighted by Crippen LogP contribution is 2.35. The molecule has 0 fully saturated rings. The minimum Gasteiger partial charge on any atom is -0.507 e. The molecule has 33 heavy (non-hydrogen) atoms. The molecule has 1 aromatic rings. The number of primary amides is 1. The molecule has 1 aromatic carbocycles. The lowest BCUT2D eigenvalue weighted by atomic mass is 10.0. The molecular weight excluding hydrogens is 454 g/mol. The summed E-state index contributed by atoms with van der Waals surface area (Å²) in [5, 5.41) is 15.3. The van der Waals surface area contributed by atoms with E-state index in [-0.39, 0.29) is 34.1 Å². The first-order valence-electron chi connectivity index (χ1n) is 10.1. The number of ether oxygens (including phenoxy) is 3. The van der Waals surface area contributed by atoms with Gasteiger partial charge in [0.2, 0.25) is 11.8 Å². The molecule has 2 rings (SSSR count). The van der Waals surface area contributed by atoms with Crippen LogP contribution >= 0.6 is 11.8 Å². The molecule has 0 radical (unpaired) electrons. The van der Waals surface area contributed by atoms with Crippen LogP contribution in [0.4, 0.5) is 4.79 Å². The number of cyclic esters (lactones) is 1. The van der Waals surface area contributed by atoms with Gasteiger partial charge in [-0.2, -0.15) is 11.8 Å². The molecule has 1 aliphatic heterocycles. The number of phenols is 1. The van der Waals surface area contributed by atoms with Crippen LogP contribution in [0.2, 0.25) is 0 Å². The number of benzene rings is 1. The molecule has 3 amide bonds. The van der Waals surface area contributed by atoms with Gasteiger partial charge in [-0.05, 0) is 27.7 Å². The van der Waals surface area contributed by atoms with E-state index in [4.69, 9.17) is 19.9 Å². The summed E-state index contributed by atoms with van der Waals surface area (Å²) in [7, 11) is 1.40. The maximum absolute atomic E-state index is 13.0. The standard InChI is InChI=1S/C21H29N3O8S/c1-10-15(30-5)6-14(25)11-8-33-9-13(17(22)26)23-18(27)12(7-31-19(28)16(10)11)24-20(29)32-21(2,3)4/h6,12-13,25H,7-9H2,1-5H3,(H2,22,26)(H,23,27)(H,24,29)/t12-,13-/m0/s1. The second-order valence-electron chi connectivity index (χ2n) is 8.35. The number of hydrogen-bond acceptors (Lipinski definition) is 9. The van der Waals surface area contributed by atoms with Crippen molar-refractivity contribution in [1.82, 2.24) is 10.6 Å². The predicted molar refractivity (Wildman–Crippen MR) is 120 cm³/mol. The third-order valence-electron chi connectivity index (χ3n) is 4.63. The van der Waals surface area contributed by atoms with E-state index in [0.29, 0.717) is 5.56 Å². The predicted octanol–water partition coefficient (Wildman–Crippen LogP) is 0.976. The van der Waals surface area contributed by atoms with Crippen molar-refractivity contribution in [2.24, 2.45) is 5.73 Å². The summed E-state index contributed by atoms with van der Waals surface area (Å²) in [4.78, 5) is 49.8. The van der Waals surface area contributed by atoms with Gasteiger partial charge in [0.15, 0.2) is 0 Å². The third-order valence-corrected chi connectivity index (χ3v) is 5.69. The van der Waals surface area contributed by atoms with Gasteiger partial charge < -0.3 is 35.7 Å². The van der Waals surface area contributed by atoms with Gasteiger partial charge in [-0.25, -0.2) is 9.59 Å². The Morgan fingerprint density at radius 2 is 2.00 bits per heavy atom. The minimum absolute atomic E-state index is 0.0687. The van der Waals surface area contributed by atoms with Crippen molar-refractivity contribution in [2.45, 2.75) is 51.1 Å². The molecule has 1 heterocycles. The summed E-state index contributed by atoms with van der Waals surface area (Å²) in [6, 6.07) is -1.04. The zero-order valence-electron chi connectivity index (χ0n) is 19.1. The lowest BCUT2D eigenvalue weighted by molar-refractivity contribution is -0.128. The fourth-order valence-corrected chi connectivity index (χ4v) is 4.14. The normalized spacial score (nSPS) is 19.7. The van der Waals surface area contributed by atoms with Gasteiger partial charge >= 0.3 is 12.1 Å². The molecule has 0 saturated heterocycles. The Labute approximate surface area is 195 Å². The molecule has 0 unspecified atom stereocenters. The van der Waals surface area contributed by atoms with Gasteiger partial charge in [0.05, 0.1) is 12.7 Å². The second-order valence-corrected chi connectivity index (χ2v) is 9.38. The zero-order valence-corrected chi connectivity index (χ0v) is 20.0. The molecule has 182 valence electrons. The van der Waals surface area contributed by atoms with Crippen molar-refractivity contribution >= 4 is 35.6 Å². The molecular formula is C21H29N3O8S. The number of nitrogens with one attached hydrogen (secondary N) is 2. The Morgan fingerprint density at radius 1 is 1.33 bits per heavy atom. The molecule has 12 heteroatoms. The number of alkyl carbamates (subject to hydrolysis) is 1. The average Bonchev–Trinajstić information content (AvgIpc) is 2.69. The molecule has 1 aliphatic rings. The first kappa shape index (κ1) is 26.1. The van der Waals surface area contributed by atoms with E-state index in [2.05, 4.69) is 10.6 Å². The quantitative estimate of drug-likeness (QED) is 0.458. The summed E-state index contributed by atoms with van der Waals surface area (Å²) in [6.07, 6.45) is -0.910. The second kappa shape index (κ2) is 10.6. The van der Waals surface area contributed by atoms with Crippen LogP contribution in [0.25, 0.3) is 0 Å². The van der Waals surface area contributed by atoms with Crippen molar-refractivity contribution in [3.8, 4) is 11.5 Å².